The lowest BCUT2D eigenvalue weighted by atomic mass is 10.1. The molecular formula is C46H33NO2P2S. The molecule has 0 unspecified atom stereocenters. The molecule has 1 aliphatic rings. The second kappa shape index (κ2) is 13.3. The number of fused-ring (bicyclic) bond motifs is 3. The maximum atomic E-state index is 15.5. The highest BCUT2D eigenvalue weighted by molar-refractivity contribution is 8.00. The van der Waals surface area contributed by atoms with Gasteiger partial charge in [-0.25, -0.2) is 0 Å². The fraction of sp³-hybridized carbons (Fsp3) is 0. The van der Waals surface area contributed by atoms with E-state index in [4.69, 9.17) is 0 Å². The zero-order valence-corrected chi connectivity index (χ0v) is 30.7. The number of nitrogens with zero attached hydrogens (tertiary/aromatic N) is 1. The molecule has 0 aromatic heterocycles. The van der Waals surface area contributed by atoms with Crippen molar-refractivity contribution in [3.63, 3.8) is 0 Å². The highest BCUT2D eigenvalue weighted by Crippen LogP contribution is 2.55. The van der Waals surface area contributed by atoms with Gasteiger partial charge in [0.1, 0.15) is 0 Å². The standard InChI is InChI=1S/C46H33NO2P2S/c48-50(35-18-5-1-6-19-35,36-20-7-2-8-21-36)39-28-30-43-45(32-39)52-46-33-40(51(49,37-22-9-3-10-23-37)38-24-11-4-12-25-38)29-31-44(46)47(43)42-27-15-17-34-16-13-14-26-41(34)42/h1-33H. The Kier molecular flexibility index (Phi) is 8.33. The molecule has 8 aromatic carbocycles. The van der Waals surface area contributed by atoms with Gasteiger partial charge in [0.2, 0.25) is 0 Å². The zero-order valence-electron chi connectivity index (χ0n) is 28.1. The number of hydrogen-bond donors (Lipinski definition) is 0. The van der Waals surface area contributed by atoms with Gasteiger partial charge in [0.05, 0.1) is 17.1 Å². The average molecular weight is 726 g/mol. The number of anilines is 3. The van der Waals surface area contributed by atoms with Crippen LogP contribution in [0.25, 0.3) is 10.8 Å². The van der Waals surface area contributed by atoms with Crippen LogP contribution in [-0.2, 0) is 9.13 Å². The van der Waals surface area contributed by atoms with Gasteiger partial charge in [-0.05, 0) is 47.9 Å². The maximum absolute atomic E-state index is 15.5. The number of rotatable bonds is 7. The van der Waals surface area contributed by atoms with Crippen molar-refractivity contribution in [3.8, 4) is 0 Å². The summed E-state index contributed by atoms with van der Waals surface area (Å²) in [4.78, 5) is 4.27. The predicted octanol–water partition coefficient (Wildman–Crippen LogP) is 10.1. The molecule has 0 fully saturated rings. The molecule has 0 saturated heterocycles. The van der Waals surface area contributed by atoms with Crippen LogP contribution in [0.4, 0.5) is 17.1 Å². The summed E-state index contributed by atoms with van der Waals surface area (Å²) in [6, 6.07) is 66.6. The van der Waals surface area contributed by atoms with Crippen LogP contribution in [0.2, 0.25) is 0 Å². The third-order valence-corrected chi connectivity index (χ3v) is 17.0. The molecule has 1 heterocycles. The van der Waals surface area contributed by atoms with Crippen molar-refractivity contribution in [1.29, 1.82) is 0 Å². The Balaban J connectivity index is 1.28. The Hall–Kier alpha value is -5.37. The van der Waals surface area contributed by atoms with Crippen molar-refractivity contribution in [2.24, 2.45) is 0 Å². The van der Waals surface area contributed by atoms with E-state index in [1.165, 1.54) is 0 Å². The first-order chi connectivity index (χ1) is 25.5. The van der Waals surface area contributed by atoms with Crippen LogP contribution in [0.3, 0.4) is 0 Å². The van der Waals surface area contributed by atoms with Crippen LogP contribution in [0.1, 0.15) is 0 Å². The van der Waals surface area contributed by atoms with Gasteiger partial charge in [0, 0.05) is 47.0 Å². The molecule has 9 rings (SSSR count). The summed E-state index contributed by atoms with van der Waals surface area (Å²) >= 11 is 1.64. The van der Waals surface area contributed by atoms with E-state index in [0.29, 0.717) is 0 Å². The SMILES string of the molecule is O=P(c1ccccc1)(c1ccccc1)c1ccc2c(c1)Sc1cc(P(=O)(c3ccccc3)c3ccccc3)ccc1N2c1cccc2ccccc12. The van der Waals surface area contributed by atoms with Gasteiger partial charge in [-0.3, -0.25) is 0 Å². The molecule has 6 heteroatoms. The molecule has 0 N–H and O–H groups in total. The largest absolute Gasteiger partial charge is 0.309 e. The van der Waals surface area contributed by atoms with Gasteiger partial charge < -0.3 is 14.0 Å². The summed E-state index contributed by atoms with van der Waals surface area (Å²) in [6.07, 6.45) is 0. The lowest BCUT2D eigenvalue weighted by Gasteiger charge is -2.35. The van der Waals surface area contributed by atoms with E-state index in [0.717, 1.165) is 69.5 Å². The van der Waals surface area contributed by atoms with Gasteiger partial charge in [0.25, 0.3) is 0 Å². The average Bonchev–Trinajstić information content (AvgIpc) is 3.23. The third-order valence-electron chi connectivity index (χ3n) is 9.80. The summed E-state index contributed by atoms with van der Waals surface area (Å²) in [5.41, 5.74) is 3.06. The molecule has 0 spiro atoms. The van der Waals surface area contributed by atoms with Crippen molar-refractivity contribution in [1.82, 2.24) is 0 Å². The van der Waals surface area contributed by atoms with E-state index in [1.807, 2.05) is 133 Å². The first kappa shape index (κ1) is 32.5. The second-order valence-corrected chi connectivity index (χ2v) is 19.4. The Bertz CT molecular complexity index is 2430. The van der Waals surface area contributed by atoms with Gasteiger partial charge >= 0.3 is 0 Å². The minimum atomic E-state index is -3.23. The highest BCUT2D eigenvalue weighted by Gasteiger charge is 2.35. The molecule has 0 bridgehead atoms. The van der Waals surface area contributed by atoms with Crippen LogP contribution < -0.4 is 36.7 Å². The summed E-state index contributed by atoms with van der Waals surface area (Å²) in [5, 5.41) is 6.99. The predicted molar refractivity (Wildman–Crippen MR) is 222 cm³/mol. The highest BCUT2D eigenvalue weighted by atomic mass is 32.2. The molecule has 1 aliphatic heterocycles. The minimum Gasteiger partial charge on any atom is -0.309 e. The van der Waals surface area contributed by atoms with E-state index < -0.39 is 14.3 Å². The molecule has 0 aliphatic carbocycles. The van der Waals surface area contributed by atoms with E-state index in [1.54, 1.807) is 11.8 Å². The Morgan fingerprint density at radius 1 is 0.346 bits per heavy atom. The lowest BCUT2D eigenvalue weighted by Crippen LogP contribution is -2.27. The lowest BCUT2D eigenvalue weighted by molar-refractivity contribution is 0.591. The number of hydrogen-bond acceptors (Lipinski definition) is 4. The van der Waals surface area contributed by atoms with E-state index in [2.05, 4.69) is 71.6 Å². The molecule has 0 radical (unpaired) electrons. The van der Waals surface area contributed by atoms with Crippen LogP contribution in [-0.4, -0.2) is 0 Å². The molecule has 0 amide bonds. The fourth-order valence-electron chi connectivity index (χ4n) is 7.29. The summed E-state index contributed by atoms with van der Waals surface area (Å²) in [6.45, 7) is 0. The maximum Gasteiger partial charge on any atom is 0.171 e. The van der Waals surface area contributed by atoms with Crippen LogP contribution in [0.5, 0.6) is 0 Å². The molecule has 0 saturated carbocycles. The summed E-state index contributed by atoms with van der Waals surface area (Å²) in [7, 11) is -6.46. The van der Waals surface area contributed by atoms with Gasteiger partial charge in [-0.2, -0.15) is 0 Å². The van der Waals surface area contributed by atoms with Crippen LogP contribution in [0.15, 0.2) is 210 Å². The molecule has 250 valence electrons. The molecule has 3 nitrogen and oxygen atoms in total. The van der Waals surface area contributed by atoms with Crippen molar-refractivity contribution in [2.45, 2.75) is 9.79 Å². The molecule has 52 heavy (non-hydrogen) atoms. The van der Waals surface area contributed by atoms with Gasteiger partial charge in [-0.1, -0.05) is 169 Å². The Morgan fingerprint density at radius 2 is 0.731 bits per heavy atom. The number of benzene rings is 8. The minimum absolute atomic E-state index is 0.771. The van der Waals surface area contributed by atoms with Crippen molar-refractivity contribution in [3.05, 3.63) is 200 Å². The first-order valence-corrected chi connectivity index (χ1v) is 21.5. The molecule has 0 atom stereocenters. The van der Waals surface area contributed by atoms with Gasteiger partial charge in [-0.15, -0.1) is 0 Å². The summed E-state index contributed by atoms with van der Waals surface area (Å²) in [5.74, 6) is 0. The van der Waals surface area contributed by atoms with E-state index in [-0.39, 0.29) is 0 Å². The third kappa shape index (κ3) is 5.38. The van der Waals surface area contributed by atoms with E-state index in [9.17, 15) is 0 Å². The van der Waals surface area contributed by atoms with Crippen molar-refractivity contribution < 1.29 is 9.13 Å². The van der Waals surface area contributed by atoms with Crippen LogP contribution in [0, 0.1) is 0 Å². The van der Waals surface area contributed by atoms with Crippen molar-refractivity contribution in [2.75, 3.05) is 4.90 Å². The van der Waals surface area contributed by atoms with Crippen LogP contribution >= 0.6 is 26.0 Å². The Labute approximate surface area is 308 Å². The van der Waals surface area contributed by atoms with Gasteiger partial charge in [0.15, 0.2) is 14.3 Å². The molecule has 8 aromatic rings. The summed E-state index contributed by atoms with van der Waals surface area (Å²) < 4.78 is 31.0. The van der Waals surface area contributed by atoms with E-state index >= 15 is 9.13 Å². The second-order valence-electron chi connectivity index (χ2n) is 12.8. The Morgan fingerprint density at radius 3 is 1.17 bits per heavy atom. The fourth-order valence-corrected chi connectivity index (χ4v) is 13.9. The zero-order chi connectivity index (χ0) is 35.1. The quantitative estimate of drug-likeness (QED) is 0.153. The first-order valence-electron chi connectivity index (χ1n) is 17.2. The topological polar surface area (TPSA) is 37.4 Å². The normalized spacial score (nSPS) is 12.7. The smallest absolute Gasteiger partial charge is 0.171 e. The molecular weight excluding hydrogens is 693 g/mol. The van der Waals surface area contributed by atoms with Crippen molar-refractivity contribution >= 4 is 85.7 Å². The monoisotopic (exact) mass is 725 g/mol.